The molecular weight excluding hydrogens is 372 g/mol. The molecule has 0 aliphatic heterocycles. The van der Waals surface area contributed by atoms with Crippen molar-refractivity contribution in [3.63, 3.8) is 0 Å². The van der Waals surface area contributed by atoms with Gasteiger partial charge in [-0.2, -0.15) is 5.10 Å². The van der Waals surface area contributed by atoms with Gasteiger partial charge in [0.15, 0.2) is 10.1 Å². The van der Waals surface area contributed by atoms with E-state index in [1.165, 1.54) is 33.6 Å². The van der Waals surface area contributed by atoms with E-state index in [1.807, 2.05) is 0 Å². The zero-order valence-corrected chi connectivity index (χ0v) is 14.7. The fourth-order valence-corrected chi connectivity index (χ4v) is 3.73. The number of carbonyl (C=O) groups is 2. The van der Waals surface area contributed by atoms with Gasteiger partial charge < -0.3 is 11.1 Å². The molecule has 3 rings (SSSR count). The number of nitrogens with two attached hydrogens (primary N) is 1. The molecule has 124 valence electrons. The Labute approximate surface area is 149 Å². The molecule has 0 atom stereocenters. The van der Waals surface area contributed by atoms with Gasteiger partial charge in [-0.15, -0.1) is 22.7 Å². The summed E-state index contributed by atoms with van der Waals surface area (Å²) in [6, 6.07) is 0. The molecule has 0 aliphatic rings. The Bertz CT molecular complexity index is 915. The molecule has 0 aliphatic carbocycles. The van der Waals surface area contributed by atoms with Crippen LogP contribution >= 0.6 is 34.3 Å². The standard InChI is InChI=1S/C13H11ClN6O2S2/c1-6-10(24-12(17-6)11(15)22)8-5-23-13(18-8)19-9(21)4-20-3-7(14)2-16-20/h2-3,5H,4H2,1H3,(H2,15,22)(H,18,19,21). The second-order valence-electron chi connectivity index (χ2n) is 4.74. The SMILES string of the molecule is Cc1nc(C(N)=O)sc1-c1csc(NC(=O)Cn2cc(Cl)cn2)n1. The Hall–Kier alpha value is -2.30. The largest absolute Gasteiger partial charge is 0.364 e. The second-order valence-corrected chi connectivity index (χ2v) is 7.03. The van der Waals surface area contributed by atoms with Gasteiger partial charge in [-0.25, -0.2) is 9.97 Å². The number of rotatable bonds is 5. The summed E-state index contributed by atoms with van der Waals surface area (Å²) in [4.78, 5) is 32.4. The number of aromatic nitrogens is 4. The third-order valence-electron chi connectivity index (χ3n) is 2.90. The molecule has 0 saturated carbocycles. The summed E-state index contributed by atoms with van der Waals surface area (Å²) in [5, 5.41) is 9.56. The average molecular weight is 383 g/mol. The Morgan fingerprint density at radius 1 is 1.42 bits per heavy atom. The van der Waals surface area contributed by atoms with Crippen LogP contribution in [0.4, 0.5) is 5.13 Å². The fraction of sp³-hybridized carbons (Fsp3) is 0.154. The van der Waals surface area contributed by atoms with Gasteiger partial charge in [0.05, 0.1) is 27.5 Å². The van der Waals surface area contributed by atoms with Crippen molar-refractivity contribution in [2.45, 2.75) is 13.5 Å². The molecule has 2 amide bonds. The van der Waals surface area contributed by atoms with Crippen LogP contribution in [0, 0.1) is 6.92 Å². The van der Waals surface area contributed by atoms with Crippen LogP contribution < -0.4 is 11.1 Å². The third-order valence-corrected chi connectivity index (χ3v) is 5.05. The molecule has 3 N–H and O–H groups in total. The van der Waals surface area contributed by atoms with Gasteiger partial charge in [-0.3, -0.25) is 14.3 Å². The minimum absolute atomic E-state index is 0.0348. The minimum atomic E-state index is -0.573. The number of aryl methyl sites for hydroxylation is 1. The molecule has 0 radical (unpaired) electrons. The van der Waals surface area contributed by atoms with Crippen LogP contribution in [0.25, 0.3) is 10.6 Å². The number of halogens is 1. The first-order valence-corrected chi connectivity index (χ1v) is 8.70. The Morgan fingerprint density at radius 3 is 2.83 bits per heavy atom. The van der Waals surface area contributed by atoms with Crippen LogP contribution in [0.15, 0.2) is 17.8 Å². The highest BCUT2D eigenvalue weighted by Crippen LogP contribution is 2.32. The summed E-state index contributed by atoms with van der Waals surface area (Å²) in [5.74, 6) is -0.842. The van der Waals surface area contributed by atoms with E-state index >= 15 is 0 Å². The maximum atomic E-state index is 12.0. The molecule has 3 heterocycles. The summed E-state index contributed by atoms with van der Waals surface area (Å²) >= 11 is 8.21. The first-order chi connectivity index (χ1) is 11.4. The maximum absolute atomic E-state index is 12.0. The quantitative estimate of drug-likeness (QED) is 0.701. The number of nitrogens with zero attached hydrogens (tertiary/aromatic N) is 4. The molecule has 0 saturated heterocycles. The highest BCUT2D eigenvalue weighted by Gasteiger charge is 2.16. The van der Waals surface area contributed by atoms with Crippen molar-refractivity contribution in [1.29, 1.82) is 0 Å². The molecule has 0 spiro atoms. The molecule has 0 aromatic carbocycles. The van der Waals surface area contributed by atoms with Crippen molar-refractivity contribution >= 4 is 51.2 Å². The van der Waals surface area contributed by atoms with Gasteiger partial charge in [-0.05, 0) is 6.92 Å². The van der Waals surface area contributed by atoms with E-state index in [-0.39, 0.29) is 17.5 Å². The van der Waals surface area contributed by atoms with E-state index in [1.54, 1.807) is 18.5 Å². The van der Waals surface area contributed by atoms with Gasteiger partial charge in [-0.1, -0.05) is 11.6 Å². The number of hydrogen-bond donors (Lipinski definition) is 2. The van der Waals surface area contributed by atoms with Crippen LogP contribution in [0.5, 0.6) is 0 Å². The summed E-state index contributed by atoms with van der Waals surface area (Å²) in [5.41, 5.74) is 6.55. The zero-order valence-electron chi connectivity index (χ0n) is 12.3. The molecule has 3 aromatic heterocycles. The molecule has 3 aromatic rings. The van der Waals surface area contributed by atoms with Crippen LogP contribution in [0.2, 0.25) is 5.02 Å². The molecule has 8 nitrogen and oxygen atoms in total. The normalized spacial score (nSPS) is 10.8. The Kier molecular flexibility index (Phi) is 4.60. The van der Waals surface area contributed by atoms with E-state index in [9.17, 15) is 9.59 Å². The minimum Gasteiger partial charge on any atom is -0.364 e. The predicted molar refractivity (Wildman–Crippen MR) is 92.3 cm³/mol. The van der Waals surface area contributed by atoms with E-state index in [2.05, 4.69) is 20.4 Å². The molecular formula is C13H11ClN6O2S2. The summed E-state index contributed by atoms with van der Waals surface area (Å²) in [7, 11) is 0. The smallest absolute Gasteiger partial charge is 0.277 e. The van der Waals surface area contributed by atoms with Crippen molar-refractivity contribution in [2.24, 2.45) is 5.73 Å². The van der Waals surface area contributed by atoms with E-state index in [0.717, 1.165) is 4.88 Å². The van der Waals surface area contributed by atoms with E-state index < -0.39 is 5.91 Å². The predicted octanol–water partition coefficient (Wildman–Crippen LogP) is 2.16. The lowest BCUT2D eigenvalue weighted by atomic mass is 10.3. The highest BCUT2D eigenvalue weighted by atomic mass is 35.5. The number of nitrogens with one attached hydrogen (secondary N) is 1. The molecule has 0 bridgehead atoms. The Balaban J connectivity index is 1.71. The average Bonchev–Trinajstić information content (AvgIpc) is 3.20. The summed E-state index contributed by atoms with van der Waals surface area (Å²) < 4.78 is 1.43. The number of thiazole rings is 2. The zero-order chi connectivity index (χ0) is 17.3. The number of hydrogen-bond acceptors (Lipinski definition) is 7. The lowest BCUT2D eigenvalue weighted by molar-refractivity contribution is -0.116. The fourth-order valence-electron chi connectivity index (χ4n) is 1.91. The van der Waals surface area contributed by atoms with E-state index in [4.69, 9.17) is 17.3 Å². The lowest BCUT2D eigenvalue weighted by Gasteiger charge is -2.01. The van der Waals surface area contributed by atoms with Gasteiger partial charge in [0.25, 0.3) is 5.91 Å². The van der Waals surface area contributed by atoms with Crippen molar-refractivity contribution < 1.29 is 9.59 Å². The summed E-state index contributed by atoms with van der Waals surface area (Å²) in [6.07, 6.45) is 3.01. The Morgan fingerprint density at radius 2 is 2.21 bits per heavy atom. The second kappa shape index (κ2) is 6.67. The van der Waals surface area contributed by atoms with Crippen molar-refractivity contribution in [2.75, 3.05) is 5.32 Å². The third kappa shape index (κ3) is 3.61. The topological polar surface area (TPSA) is 116 Å². The van der Waals surface area contributed by atoms with Gasteiger partial charge >= 0.3 is 0 Å². The first-order valence-electron chi connectivity index (χ1n) is 6.63. The lowest BCUT2D eigenvalue weighted by Crippen LogP contribution is -2.18. The number of carbonyl (C=O) groups excluding carboxylic acids is 2. The molecule has 0 fully saturated rings. The van der Waals surface area contributed by atoms with Crippen LogP contribution in [-0.4, -0.2) is 31.6 Å². The summed E-state index contributed by atoms with van der Waals surface area (Å²) in [6.45, 7) is 1.81. The van der Waals surface area contributed by atoms with Crippen molar-refractivity contribution in [3.8, 4) is 10.6 Å². The molecule has 11 heteroatoms. The number of anilines is 1. The number of amides is 2. The van der Waals surface area contributed by atoms with Crippen LogP contribution in [0.1, 0.15) is 15.5 Å². The highest BCUT2D eigenvalue weighted by molar-refractivity contribution is 7.18. The number of primary amides is 1. The van der Waals surface area contributed by atoms with Gasteiger partial charge in [0, 0.05) is 11.6 Å². The van der Waals surface area contributed by atoms with Crippen molar-refractivity contribution in [3.05, 3.63) is 33.5 Å². The molecule has 24 heavy (non-hydrogen) atoms. The first kappa shape index (κ1) is 16.6. The van der Waals surface area contributed by atoms with Gasteiger partial charge in [0.2, 0.25) is 5.91 Å². The van der Waals surface area contributed by atoms with Crippen LogP contribution in [0.3, 0.4) is 0 Å². The van der Waals surface area contributed by atoms with Crippen molar-refractivity contribution in [1.82, 2.24) is 19.7 Å². The molecule has 0 unspecified atom stereocenters. The maximum Gasteiger partial charge on any atom is 0.277 e. The van der Waals surface area contributed by atoms with E-state index in [0.29, 0.717) is 21.5 Å². The van der Waals surface area contributed by atoms with Crippen LogP contribution in [-0.2, 0) is 11.3 Å². The van der Waals surface area contributed by atoms with Gasteiger partial charge in [0.1, 0.15) is 6.54 Å². The monoisotopic (exact) mass is 382 g/mol.